The third kappa shape index (κ3) is 5.84. The number of fused-ring (bicyclic) bond motifs is 3. The van der Waals surface area contributed by atoms with Crippen molar-refractivity contribution in [3.8, 4) is 0 Å². The molecule has 11 nitrogen and oxygen atoms in total. The van der Waals surface area contributed by atoms with Crippen LogP contribution in [0.5, 0.6) is 0 Å². The fraction of sp³-hybridized carbons (Fsp3) is 0.441. The summed E-state index contributed by atoms with van der Waals surface area (Å²) in [6.07, 6.45) is 5.54. The number of aryl methyl sites for hydroxylation is 1. The maximum Gasteiger partial charge on any atom is 0.253 e. The molecular formula is C34H41N9O2. The molecule has 45 heavy (non-hydrogen) atoms. The number of carbonyl (C=O) groups is 2. The second kappa shape index (κ2) is 12.1. The minimum atomic E-state index is -0.131. The standard InChI is InChI=1S/C34H41N9O2/c1-21-29(11-12-30-32(21)39-40-38-30)34(45)37-25-18-27-9-10-28(19-25)43(27)31-13-6-24(20-35-31)33(44)36-22(2)23-4-7-26(8-5-23)42-16-14-41(3)15-17-42/h4-8,11-13,20,22,25,27-28H,9-10,14-19H2,1-3H3,(H,36,44)(H,37,45)(H,38,39,40)/t22-,25?,27?,28?/m0/s1. The average molecular weight is 608 g/mol. The topological polar surface area (TPSA) is 122 Å². The lowest BCUT2D eigenvalue weighted by molar-refractivity contribution is 0.0922. The molecule has 234 valence electrons. The number of aromatic amines is 1. The van der Waals surface area contributed by atoms with Crippen molar-refractivity contribution in [2.75, 3.05) is 43.0 Å². The molecule has 2 aromatic heterocycles. The molecule has 7 rings (SSSR count). The number of nitrogens with one attached hydrogen (secondary N) is 3. The molecule has 3 aliphatic heterocycles. The highest BCUT2D eigenvalue weighted by atomic mass is 16.2. The first-order valence-electron chi connectivity index (χ1n) is 16.0. The summed E-state index contributed by atoms with van der Waals surface area (Å²) in [5.41, 5.74) is 5.88. The molecule has 2 unspecified atom stereocenters. The van der Waals surface area contributed by atoms with Crippen molar-refractivity contribution in [3.63, 3.8) is 0 Å². The van der Waals surface area contributed by atoms with Crippen LogP contribution in [0.2, 0.25) is 0 Å². The number of rotatable bonds is 7. The highest BCUT2D eigenvalue weighted by molar-refractivity contribution is 6.00. The number of nitrogens with zero attached hydrogens (tertiary/aromatic N) is 6. The second-order valence-electron chi connectivity index (χ2n) is 12.9. The Balaban J connectivity index is 0.944. The molecule has 0 aliphatic carbocycles. The monoisotopic (exact) mass is 607 g/mol. The molecule has 11 heteroatoms. The van der Waals surface area contributed by atoms with Crippen molar-refractivity contribution in [2.45, 2.75) is 63.7 Å². The zero-order valence-corrected chi connectivity index (χ0v) is 26.2. The number of piperidine rings is 1. The second-order valence-corrected chi connectivity index (χ2v) is 12.9. The normalized spacial score (nSPS) is 22.4. The number of anilines is 2. The zero-order valence-electron chi connectivity index (χ0n) is 26.2. The Labute approximate surface area is 263 Å². The van der Waals surface area contributed by atoms with Crippen LogP contribution in [0, 0.1) is 6.92 Å². The number of amides is 2. The van der Waals surface area contributed by atoms with E-state index >= 15 is 0 Å². The Morgan fingerprint density at radius 1 is 0.933 bits per heavy atom. The summed E-state index contributed by atoms with van der Waals surface area (Å²) in [6.45, 7) is 8.13. The van der Waals surface area contributed by atoms with Gasteiger partial charge in [-0.1, -0.05) is 17.3 Å². The van der Waals surface area contributed by atoms with Crippen molar-refractivity contribution >= 4 is 34.4 Å². The number of H-pyrrole nitrogens is 1. The Morgan fingerprint density at radius 3 is 2.36 bits per heavy atom. The fourth-order valence-electron chi connectivity index (χ4n) is 7.30. The quantitative estimate of drug-likeness (QED) is 0.290. The van der Waals surface area contributed by atoms with Gasteiger partial charge >= 0.3 is 0 Å². The van der Waals surface area contributed by atoms with Crippen LogP contribution in [0.1, 0.15) is 70.5 Å². The van der Waals surface area contributed by atoms with Crippen LogP contribution in [0.15, 0.2) is 54.7 Å². The van der Waals surface area contributed by atoms with Crippen molar-refractivity contribution in [2.24, 2.45) is 0 Å². The number of piperazine rings is 1. The van der Waals surface area contributed by atoms with Crippen molar-refractivity contribution in [1.29, 1.82) is 0 Å². The van der Waals surface area contributed by atoms with E-state index in [0.29, 0.717) is 23.2 Å². The number of aromatic nitrogens is 4. The molecule has 3 saturated heterocycles. The van der Waals surface area contributed by atoms with Gasteiger partial charge in [-0.2, -0.15) is 0 Å². The largest absolute Gasteiger partial charge is 0.369 e. The molecule has 3 atom stereocenters. The van der Waals surface area contributed by atoms with Gasteiger partial charge in [0.2, 0.25) is 0 Å². The molecule has 2 amide bonds. The molecule has 5 heterocycles. The van der Waals surface area contributed by atoms with Gasteiger partial charge in [0.1, 0.15) is 11.3 Å². The maximum absolute atomic E-state index is 13.2. The minimum absolute atomic E-state index is 0.0658. The summed E-state index contributed by atoms with van der Waals surface area (Å²) >= 11 is 0. The Kier molecular flexibility index (Phi) is 7.87. The van der Waals surface area contributed by atoms with Crippen LogP contribution in [0.3, 0.4) is 0 Å². The SMILES string of the molecule is Cc1c(C(=O)NC2CC3CCC(C2)N3c2ccc(C(=O)N[C@@H](C)c3ccc(N4CCN(C)CC4)cc3)cn2)ccc2[nH]nnc12. The first kappa shape index (κ1) is 29.2. The van der Waals surface area contributed by atoms with Gasteiger partial charge in [-0.25, -0.2) is 4.98 Å². The predicted molar refractivity (Wildman–Crippen MR) is 175 cm³/mol. The third-order valence-corrected chi connectivity index (χ3v) is 9.95. The van der Waals surface area contributed by atoms with E-state index in [4.69, 9.17) is 4.98 Å². The van der Waals surface area contributed by atoms with E-state index in [1.165, 1.54) is 5.69 Å². The van der Waals surface area contributed by atoms with Gasteiger partial charge in [-0.15, -0.1) is 5.10 Å². The molecular weight excluding hydrogens is 566 g/mol. The van der Waals surface area contributed by atoms with Crippen LogP contribution >= 0.6 is 0 Å². The maximum atomic E-state index is 13.2. The van der Waals surface area contributed by atoms with Crippen LogP contribution in [-0.4, -0.2) is 88.5 Å². The van der Waals surface area contributed by atoms with Gasteiger partial charge in [-0.3, -0.25) is 14.7 Å². The lowest BCUT2D eigenvalue weighted by Crippen LogP contribution is -2.50. The van der Waals surface area contributed by atoms with E-state index in [0.717, 1.165) is 79.8 Å². The lowest BCUT2D eigenvalue weighted by Gasteiger charge is -2.40. The van der Waals surface area contributed by atoms with Gasteiger partial charge in [0.15, 0.2) is 0 Å². The summed E-state index contributed by atoms with van der Waals surface area (Å²) in [7, 11) is 2.16. The molecule has 0 spiro atoms. The van der Waals surface area contributed by atoms with Gasteiger partial charge in [-0.05, 0) is 94.1 Å². The Bertz CT molecular complexity index is 1660. The van der Waals surface area contributed by atoms with E-state index in [2.05, 4.69) is 72.1 Å². The molecule has 2 aromatic carbocycles. The number of likely N-dealkylation sites (N-methyl/N-ethyl adjacent to an activating group) is 1. The van der Waals surface area contributed by atoms with Gasteiger partial charge in [0.25, 0.3) is 11.8 Å². The molecule has 3 fully saturated rings. The molecule has 3 N–H and O–H groups in total. The number of hydrogen-bond donors (Lipinski definition) is 3. The number of hydrogen-bond acceptors (Lipinski definition) is 8. The van der Waals surface area contributed by atoms with Crippen LogP contribution in [0.4, 0.5) is 11.5 Å². The van der Waals surface area contributed by atoms with E-state index in [1.54, 1.807) is 6.20 Å². The Morgan fingerprint density at radius 2 is 1.67 bits per heavy atom. The van der Waals surface area contributed by atoms with E-state index in [1.807, 2.05) is 38.1 Å². The summed E-state index contributed by atoms with van der Waals surface area (Å²) in [5.74, 6) is 0.695. The van der Waals surface area contributed by atoms with Crippen molar-refractivity contribution < 1.29 is 9.59 Å². The summed E-state index contributed by atoms with van der Waals surface area (Å²) in [5, 5.41) is 17.3. The molecule has 3 aliphatic rings. The van der Waals surface area contributed by atoms with E-state index < -0.39 is 0 Å². The summed E-state index contributed by atoms with van der Waals surface area (Å²) in [4.78, 5) is 38.2. The predicted octanol–water partition coefficient (Wildman–Crippen LogP) is 3.83. The van der Waals surface area contributed by atoms with Crippen LogP contribution in [-0.2, 0) is 0 Å². The van der Waals surface area contributed by atoms with Crippen molar-refractivity contribution in [3.05, 3.63) is 77.0 Å². The van der Waals surface area contributed by atoms with Gasteiger partial charge < -0.3 is 25.3 Å². The smallest absolute Gasteiger partial charge is 0.253 e. The van der Waals surface area contributed by atoms with Crippen LogP contribution in [0.25, 0.3) is 11.0 Å². The fourth-order valence-corrected chi connectivity index (χ4v) is 7.30. The average Bonchev–Trinajstić information content (AvgIpc) is 3.64. The molecule has 2 bridgehead atoms. The Hall–Kier alpha value is -4.51. The van der Waals surface area contributed by atoms with Crippen LogP contribution < -0.4 is 20.4 Å². The number of benzene rings is 2. The van der Waals surface area contributed by atoms with Crippen molar-refractivity contribution in [1.82, 2.24) is 35.9 Å². The van der Waals surface area contributed by atoms with E-state index in [-0.39, 0.29) is 23.9 Å². The molecule has 0 saturated carbocycles. The first-order chi connectivity index (χ1) is 21.8. The number of pyridine rings is 1. The lowest BCUT2D eigenvalue weighted by atomic mass is 9.96. The number of carbonyl (C=O) groups excluding carboxylic acids is 2. The summed E-state index contributed by atoms with van der Waals surface area (Å²) in [6, 6.07) is 16.6. The van der Waals surface area contributed by atoms with Gasteiger partial charge in [0, 0.05) is 61.8 Å². The zero-order chi connectivity index (χ0) is 31.1. The molecule has 4 aromatic rings. The van der Waals surface area contributed by atoms with E-state index in [9.17, 15) is 9.59 Å². The highest BCUT2D eigenvalue weighted by Crippen LogP contribution is 2.38. The molecule has 0 radical (unpaired) electrons. The highest BCUT2D eigenvalue weighted by Gasteiger charge is 2.42. The minimum Gasteiger partial charge on any atom is -0.369 e. The third-order valence-electron chi connectivity index (χ3n) is 9.95. The van der Waals surface area contributed by atoms with Gasteiger partial charge in [0.05, 0.1) is 17.1 Å². The first-order valence-corrected chi connectivity index (χ1v) is 16.0. The summed E-state index contributed by atoms with van der Waals surface area (Å²) < 4.78 is 0.